The highest BCUT2D eigenvalue weighted by Crippen LogP contribution is 2.27. The van der Waals surface area contributed by atoms with E-state index in [1.807, 2.05) is 0 Å². The highest BCUT2D eigenvalue weighted by atomic mass is 19.4. The summed E-state index contributed by atoms with van der Waals surface area (Å²) in [6.45, 7) is 2.59. The van der Waals surface area contributed by atoms with E-state index in [1.165, 1.54) is 37.3 Å². The molecule has 1 aromatic heterocycles. The third-order valence-corrected chi connectivity index (χ3v) is 4.68. The van der Waals surface area contributed by atoms with Crippen molar-refractivity contribution in [1.82, 2.24) is 10.1 Å². The van der Waals surface area contributed by atoms with Crippen molar-refractivity contribution in [2.24, 2.45) is 0 Å². The summed E-state index contributed by atoms with van der Waals surface area (Å²) >= 11 is 0. The van der Waals surface area contributed by atoms with Crippen molar-refractivity contribution in [2.45, 2.75) is 26.6 Å². The average molecular weight is 449 g/mol. The Kier molecular flexibility index (Phi) is 6.61. The van der Waals surface area contributed by atoms with Gasteiger partial charge in [0.2, 0.25) is 0 Å². The van der Waals surface area contributed by atoms with Crippen LogP contribution in [-0.4, -0.2) is 34.6 Å². The molecule has 0 spiro atoms. The molecule has 2 amide bonds. The summed E-state index contributed by atoms with van der Waals surface area (Å²) in [7, 11) is 0. The monoisotopic (exact) mass is 449 g/mol. The number of aryl methyl sites for hydroxylation is 1. The molecule has 0 aliphatic rings. The van der Waals surface area contributed by atoms with E-state index in [-0.39, 0.29) is 30.1 Å². The van der Waals surface area contributed by atoms with Gasteiger partial charge in [0.25, 0.3) is 5.91 Å². The number of nitrogens with zero attached hydrogens (tertiary/aromatic N) is 2. The summed E-state index contributed by atoms with van der Waals surface area (Å²) in [4.78, 5) is 25.1. The lowest BCUT2D eigenvalue weighted by atomic mass is 10.1. The summed E-state index contributed by atoms with van der Waals surface area (Å²) in [6, 6.07) is 11.5. The van der Waals surface area contributed by atoms with Crippen LogP contribution in [0.25, 0.3) is 11.3 Å². The Morgan fingerprint density at radius 3 is 2.44 bits per heavy atom. The number of halogens is 4. The first-order chi connectivity index (χ1) is 15.1. The van der Waals surface area contributed by atoms with Crippen LogP contribution in [0.3, 0.4) is 0 Å². The van der Waals surface area contributed by atoms with Crippen LogP contribution < -0.4 is 5.32 Å². The summed E-state index contributed by atoms with van der Waals surface area (Å²) in [5.74, 6) is -2.69. The number of amides is 2. The Morgan fingerprint density at radius 1 is 1.12 bits per heavy atom. The molecule has 0 radical (unpaired) electrons. The largest absolute Gasteiger partial charge is 0.471 e. The van der Waals surface area contributed by atoms with Gasteiger partial charge in [-0.2, -0.15) is 13.2 Å². The predicted octanol–water partition coefficient (Wildman–Crippen LogP) is 4.95. The van der Waals surface area contributed by atoms with Crippen LogP contribution in [0, 0.1) is 12.7 Å². The second kappa shape index (κ2) is 9.21. The Hall–Kier alpha value is -3.69. The first-order valence-electron chi connectivity index (χ1n) is 9.58. The van der Waals surface area contributed by atoms with Gasteiger partial charge in [0.1, 0.15) is 22.8 Å². The minimum atomic E-state index is -4.97. The number of hydrogen-bond acceptors (Lipinski definition) is 4. The maximum absolute atomic E-state index is 13.2. The fourth-order valence-electron chi connectivity index (χ4n) is 3.11. The standard InChI is InChI=1S/C22H19F4N3O3/c1-3-29(21(31)22(24,25)26)12-14-5-4-6-17(11-14)27-20(30)18-13(2)32-28-19(18)15-7-9-16(23)10-8-15/h4-11H,3,12H2,1-2H3,(H,27,30). The Balaban J connectivity index is 1.81. The lowest BCUT2D eigenvalue weighted by molar-refractivity contribution is -0.185. The predicted molar refractivity (Wildman–Crippen MR) is 108 cm³/mol. The minimum Gasteiger partial charge on any atom is -0.360 e. The van der Waals surface area contributed by atoms with Crippen molar-refractivity contribution >= 4 is 17.5 Å². The van der Waals surface area contributed by atoms with Crippen LogP contribution in [0.15, 0.2) is 53.1 Å². The van der Waals surface area contributed by atoms with Crippen molar-refractivity contribution in [3.63, 3.8) is 0 Å². The zero-order chi connectivity index (χ0) is 23.5. The molecule has 6 nitrogen and oxygen atoms in total. The first kappa shape index (κ1) is 23.0. The maximum atomic E-state index is 13.2. The molecule has 168 valence electrons. The zero-order valence-corrected chi connectivity index (χ0v) is 17.2. The van der Waals surface area contributed by atoms with Gasteiger partial charge in [0, 0.05) is 24.3 Å². The first-order valence-corrected chi connectivity index (χ1v) is 9.58. The van der Waals surface area contributed by atoms with Crippen molar-refractivity contribution in [1.29, 1.82) is 0 Å². The topological polar surface area (TPSA) is 75.4 Å². The molecule has 10 heteroatoms. The summed E-state index contributed by atoms with van der Waals surface area (Å²) < 4.78 is 56.6. The Morgan fingerprint density at radius 2 is 1.81 bits per heavy atom. The van der Waals surface area contributed by atoms with Crippen LogP contribution in [0.5, 0.6) is 0 Å². The van der Waals surface area contributed by atoms with E-state index in [4.69, 9.17) is 4.52 Å². The quantitative estimate of drug-likeness (QED) is 0.541. The van der Waals surface area contributed by atoms with Crippen molar-refractivity contribution in [3.8, 4) is 11.3 Å². The molecular weight excluding hydrogens is 430 g/mol. The number of rotatable bonds is 6. The average Bonchev–Trinajstić information content (AvgIpc) is 3.13. The van der Waals surface area contributed by atoms with E-state index in [0.717, 1.165) is 0 Å². The number of carbonyl (C=O) groups excluding carboxylic acids is 2. The summed E-state index contributed by atoms with van der Waals surface area (Å²) in [5.41, 5.74) is 1.57. The summed E-state index contributed by atoms with van der Waals surface area (Å²) in [6.07, 6.45) is -4.97. The smallest absolute Gasteiger partial charge is 0.360 e. The molecular formula is C22H19F4N3O3. The number of hydrogen-bond donors (Lipinski definition) is 1. The highest BCUT2D eigenvalue weighted by molar-refractivity contribution is 6.08. The summed E-state index contributed by atoms with van der Waals surface area (Å²) in [5, 5.41) is 6.54. The van der Waals surface area contributed by atoms with E-state index in [0.29, 0.717) is 21.7 Å². The number of aromatic nitrogens is 1. The van der Waals surface area contributed by atoms with E-state index in [9.17, 15) is 27.2 Å². The Bertz CT molecular complexity index is 1120. The lowest BCUT2D eigenvalue weighted by Crippen LogP contribution is -2.40. The Labute approximate surface area is 180 Å². The van der Waals surface area contributed by atoms with Gasteiger partial charge in [-0.1, -0.05) is 17.3 Å². The number of carbonyl (C=O) groups is 2. The normalized spacial score (nSPS) is 11.3. The maximum Gasteiger partial charge on any atom is 0.471 e. The molecule has 0 atom stereocenters. The van der Waals surface area contributed by atoms with Crippen LogP contribution in [0.1, 0.15) is 28.6 Å². The van der Waals surface area contributed by atoms with Gasteiger partial charge in [-0.3, -0.25) is 9.59 Å². The second-order valence-electron chi connectivity index (χ2n) is 6.94. The minimum absolute atomic E-state index is 0.129. The van der Waals surface area contributed by atoms with Crippen LogP contribution in [0.4, 0.5) is 23.2 Å². The fraction of sp³-hybridized carbons (Fsp3) is 0.227. The van der Waals surface area contributed by atoms with Crippen molar-refractivity contribution in [3.05, 3.63) is 71.2 Å². The molecule has 2 aromatic carbocycles. The molecule has 1 N–H and O–H groups in total. The number of nitrogens with one attached hydrogen (secondary N) is 1. The van der Waals surface area contributed by atoms with E-state index in [1.54, 1.807) is 25.1 Å². The fourth-order valence-corrected chi connectivity index (χ4v) is 3.11. The van der Waals surface area contributed by atoms with Gasteiger partial charge in [-0.25, -0.2) is 4.39 Å². The molecule has 3 aromatic rings. The van der Waals surface area contributed by atoms with Crippen molar-refractivity contribution < 1.29 is 31.7 Å². The zero-order valence-electron chi connectivity index (χ0n) is 17.2. The lowest BCUT2D eigenvalue weighted by Gasteiger charge is -2.22. The molecule has 0 saturated heterocycles. The SMILES string of the molecule is CCN(Cc1cccc(NC(=O)c2c(-c3ccc(F)cc3)noc2C)c1)C(=O)C(F)(F)F. The van der Waals surface area contributed by atoms with Gasteiger partial charge in [0.15, 0.2) is 0 Å². The second-order valence-corrected chi connectivity index (χ2v) is 6.94. The third-order valence-electron chi connectivity index (χ3n) is 4.68. The van der Waals surface area contributed by atoms with Crippen LogP contribution in [-0.2, 0) is 11.3 Å². The van der Waals surface area contributed by atoms with E-state index < -0.39 is 23.8 Å². The molecule has 0 aliphatic carbocycles. The van der Waals surface area contributed by atoms with Crippen LogP contribution >= 0.6 is 0 Å². The molecule has 0 bridgehead atoms. The number of anilines is 1. The third kappa shape index (κ3) is 5.13. The molecule has 0 unspecified atom stereocenters. The van der Waals surface area contributed by atoms with Crippen LogP contribution in [0.2, 0.25) is 0 Å². The molecule has 0 fully saturated rings. The van der Waals surface area contributed by atoms with Gasteiger partial charge in [-0.15, -0.1) is 0 Å². The van der Waals surface area contributed by atoms with Gasteiger partial charge in [-0.05, 0) is 55.8 Å². The number of benzene rings is 2. The van der Waals surface area contributed by atoms with Crippen molar-refractivity contribution in [2.75, 3.05) is 11.9 Å². The van der Waals surface area contributed by atoms with Gasteiger partial charge >= 0.3 is 12.1 Å². The number of alkyl halides is 3. The molecule has 1 heterocycles. The molecule has 32 heavy (non-hydrogen) atoms. The van der Waals surface area contributed by atoms with Gasteiger partial charge in [0.05, 0.1) is 0 Å². The van der Waals surface area contributed by atoms with Gasteiger partial charge < -0.3 is 14.7 Å². The van der Waals surface area contributed by atoms with E-state index in [2.05, 4.69) is 10.5 Å². The molecule has 0 aliphatic heterocycles. The van der Waals surface area contributed by atoms with E-state index >= 15 is 0 Å². The highest BCUT2D eigenvalue weighted by Gasteiger charge is 2.41. The molecule has 3 rings (SSSR count). The molecule has 0 saturated carbocycles.